The first-order valence-electron chi connectivity index (χ1n) is 7.01. The minimum absolute atomic E-state index is 0.0233. The monoisotopic (exact) mass is 258 g/mol. The lowest BCUT2D eigenvalue weighted by Crippen LogP contribution is -2.18. The van der Waals surface area contributed by atoms with Crippen LogP contribution in [0.5, 0.6) is 0 Å². The Morgan fingerprint density at radius 2 is 1.72 bits per heavy atom. The Hall–Kier alpha value is -1.06. The molecule has 0 aliphatic heterocycles. The van der Waals surface area contributed by atoms with Gasteiger partial charge in [0.1, 0.15) is 6.10 Å². The number of rotatable bonds is 11. The predicted molar refractivity (Wildman–Crippen MR) is 70.4 cm³/mol. The van der Waals surface area contributed by atoms with Crippen LogP contribution in [0.3, 0.4) is 0 Å². The Bertz CT molecular complexity index is 238. The third-order valence-electron chi connectivity index (χ3n) is 2.83. The number of carboxylic acid groups (broad SMARTS) is 1. The summed E-state index contributed by atoms with van der Waals surface area (Å²) in [7, 11) is 0. The lowest BCUT2D eigenvalue weighted by Gasteiger charge is -2.17. The first-order chi connectivity index (χ1) is 8.60. The Morgan fingerprint density at radius 1 is 1.00 bits per heavy atom. The number of carbonyl (C=O) groups excluding carboxylic acids is 1. The predicted octanol–water partition coefficient (Wildman–Crippen LogP) is 3.53. The third kappa shape index (κ3) is 10.1. The maximum atomic E-state index is 11.4. The van der Waals surface area contributed by atoms with Crippen molar-refractivity contribution in [2.45, 2.75) is 77.7 Å². The number of carboxylic acids is 1. The van der Waals surface area contributed by atoms with E-state index in [2.05, 4.69) is 13.8 Å². The summed E-state index contributed by atoms with van der Waals surface area (Å²) in [6.45, 7) is 4.22. The van der Waals surface area contributed by atoms with E-state index >= 15 is 0 Å². The SMILES string of the molecule is CCCCCCC(CCC)OC(=O)CCC(=O)O. The van der Waals surface area contributed by atoms with E-state index < -0.39 is 5.97 Å². The van der Waals surface area contributed by atoms with Gasteiger partial charge < -0.3 is 9.84 Å². The summed E-state index contributed by atoms with van der Waals surface area (Å²) in [5, 5.41) is 8.49. The molecule has 0 rings (SSSR count). The fourth-order valence-electron chi connectivity index (χ4n) is 1.84. The fraction of sp³-hybridized carbons (Fsp3) is 0.857. The quantitative estimate of drug-likeness (QED) is 0.455. The number of ether oxygens (including phenoxy) is 1. The molecular formula is C14H26O4. The van der Waals surface area contributed by atoms with Gasteiger partial charge in [0.15, 0.2) is 0 Å². The minimum Gasteiger partial charge on any atom is -0.481 e. The highest BCUT2D eigenvalue weighted by atomic mass is 16.5. The van der Waals surface area contributed by atoms with E-state index in [1.54, 1.807) is 0 Å². The lowest BCUT2D eigenvalue weighted by molar-refractivity contribution is -0.152. The second-order valence-corrected chi connectivity index (χ2v) is 4.64. The molecule has 1 N–H and O–H groups in total. The van der Waals surface area contributed by atoms with Gasteiger partial charge in [0, 0.05) is 0 Å². The van der Waals surface area contributed by atoms with Gasteiger partial charge in [-0.05, 0) is 19.3 Å². The zero-order valence-corrected chi connectivity index (χ0v) is 11.6. The summed E-state index contributed by atoms with van der Waals surface area (Å²) >= 11 is 0. The number of esters is 1. The van der Waals surface area contributed by atoms with Gasteiger partial charge in [0.2, 0.25) is 0 Å². The van der Waals surface area contributed by atoms with E-state index in [0.29, 0.717) is 0 Å². The molecule has 0 aromatic heterocycles. The van der Waals surface area contributed by atoms with Gasteiger partial charge in [-0.1, -0.05) is 39.5 Å². The van der Waals surface area contributed by atoms with Crippen LogP contribution in [-0.4, -0.2) is 23.1 Å². The fourth-order valence-corrected chi connectivity index (χ4v) is 1.84. The second kappa shape index (κ2) is 11.1. The summed E-state index contributed by atoms with van der Waals surface area (Å²) < 4.78 is 5.32. The molecule has 0 radical (unpaired) electrons. The summed E-state index contributed by atoms with van der Waals surface area (Å²) in [6.07, 6.45) is 7.19. The second-order valence-electron chi connectivity index (χ2n) is 4.64. The Labute approximate surface area is 110 Å². The van der Waals surface area contributed by atoms with Crippen LogP contribution >= 0.6 is 0 Å². The molecule has 0 aliphatic rings. The number of hydrogen-bond acceptors (Lipinski definition) is 3. The normalized spacial score (nSPS) is 12.1. The van der Waals surface area contributed by atoms with Crippen LogP contribution in [-0.2, 0) is 14.3 Å². The molecule has 4 nitrogen and oxygen atoms in total. The van der Waals surface area contributed by atoms with Crippen LogP contribution in [0.1, 0.15) is 71.6 Å². The molecule has 0 fully saturated rings. The molecule has 0 amide bonds. The van der Waals surface area contributed by atoms with Crippen molar-refractivity contribution in [3.05, 3.63) is 0 Å². The molecular weight excluding hydrogens is 232 g/mol. The highest BCUT2D eigenvalue weighted by Gasteiger charge is 2.14. The van der Waals surface area contributed by atoms with E-state index in [-0.39, 0.29) is 24.9 Å². The zero-order chi connectivity index (χ0) is 13.8. The van der Waals surface area contributed by atoms with Crippen molar-refractivity contribution in [2.75, 3.05) is 0 Å². The highest BCUT2D eigenvalue weighted by molar-refractivity contribution is 5.76. The van der Waals surface area contributed by atoms with Crippen LogP contribution in [0.2, 0.25) is 0 Å². The molecule has 18 heavy (non-hydrogen) atoms. The highest BCUT2D eigenvalue weighted by Crippen LogP contribution is 2.14. The summed E-state index contributed by atoms with van der Waals surface area (Å²) in [4.78, 5) is 21.8. The van der Waals surface area contributed by atoms with Gasteiger partial charge in [0.25, 0.3) is 0 Å². The van der Waals surface area contributed by atoms with E-state index in [1.807, 2.05) is 0 Å². The molecule has 0 aromatic carbocycles. The molecule has 0 aliphatic carbocycles. The average Bonchev–Trinajstić information content (AvgIpc) is 2.32. The number of aliphatic carboxylic acids is 1. The molecule has 0 spiro atoms. The van der Waals surface area contributed by atoms with E-state index in [9.17, 15) is 9.59 Å². The lowest BCUT2D eigenvalue weighted by atomic mass is 10.1. The Balaban J connectivity index is 3.86. The molecule has 4 heteroatoms. The smallest absolute Gasteiger partial charge is 0.306 e. The van der Waals surface area contributed by atoms with Crippen molar-refractivity contribution < 1.29 is 19.4 Å². The topological polar surface area (TPSA) is 63.6 Å². The number of unbranched alkanes of at least 4 members (excludes halogenated alkanes) is 3. The van der Waals surface area contributed by atoms with Crippen molar-refractivity contribution >= 4 is 11.9 Å². The van der Waals surface area contributed by atoms with Crippen LogP contribution in [0.4, 0.5) is 0 Å². The van der Waals surface area contributed by atoms with Crippen molar-refractivity contribution in [3.63, 3.8) is 0 Å². The van der Waals surface area contributed by atoms with Crippen LogP contribution in [0.15, 0.2) is 0 Å². The Morgan fingerprint density at radius 3 is 2.28 bits per heavy atom. The van der Waals surface area contributed by atoms with Crippen LogP contribution < -0.4 is 0 Å². The van der Waals surface area contributed by atoms with Gasteiger partial charge in [-0.3, -0.25) is 9.59 Å². The number of hydrogen-bond donors (Lipinski definition) is 1. The largest absolute Gasteiger partial charge is 0.481 e. The molecule has 0 aromatic rings. The molecule has 0 saturated heterocycles. The van der Waals surface area contributed by atoms with E-state index in [0.717, 1.165) is 25.7 Å². The van der Waals surface area contributed by atoms with Gasteiger partial charge in [-0.2, -0.15) is 0 Å². The van der Waals surface area contributed by atoms with Crippen molar-refractivity contribution in [1.29, 1.82) is 0 Å². The average molecular weight is 258 g/mol. The van der Waals surface area contributed by atoms with E-state index in [1.165, 1.54) is 19.3 Å². The van der Waals surface area contributed by atoms with Gasteiger partial charge in [-0.25, -0.2) is 0 Å². The van der Waals surface area contributed by atoms with E-state index in [4.69, 9.17) is 9.84 Å². The van der Waals surface area contributed by atoms with Gasteiger partial charge in [-0.15, -0.1) is 0 Å². The van der Waals surface area contributed by atoms with Crippen molar-refractivity contribution in [1.82, 2.24) is 0 Å². The van der Waals surface area contributed by atoms with Crippen molar-refractivity contribution in [2.24, 2.45) is 0 Å². The van der Waals surface area contributed by atoms with Gasteiger partial charge >= 0.3 is 11.9 Å². The van der Waals surface area contributed by atoms with Gasteiger partial charge in [0.05, 0.1) is 12.8 Å². The zero-order valence-electron chi connectivity index (χ0n) is 11.6. The summed E-state index contributed by atoms with van der Waals surface area (Å²) in [6, 6.07) is 0. The number of carbonyl (C=O) groups is 2. The Kier molecular flexibility index (Phi) is 10.4. The molecule has 0 heterocycles. The maximum absolute atomic E-state index is 11.4. The first-order valence-corrected chi connectivity index (χ1v) is 7.01. The van der Waals surface area contributed by atoms with Crippen LogP contribution in [0.25, 0.3) is 0 Å². The molecule has 106 valence electrons. The third-order valence-corrected chi connectivity index (χ3v) is 2.83. The molecule has 1 unspecified atom stereocenters. The molecule has 0 bridgehead atoms. The van der Waals surface area contributed by atoms with Crippen molar-refractivity contribution in [3.8, 4) is 0 Å². The standard InChI is InChI=1S/C14H26O4/c1-3-5-6-7-9-12(8-4-2)18-14(17)11-10-13(15)16/h12H,3-11H2,1-2H3,(H,15,16). The molecule has 1 atom stereocenters. The molecule has 0 saturated carbocycles. The minimum atomic E-state index is -0.957. The summed E-state index contributed by atoms with van der Waals surface area (Å²) in [5.41, 5.74) is 0. The summed E-state index contributed by atoms with van der Waals surface area (Å²) in [5.74, 6) is -1.34. The first kappa shape index (κ1) is 16.9. The maximum Gasteiger partial charge on any atom is 0.306 e. The van der Waals surface area contributed by atoms with Crippen LogP contribution in [0, 0.1) is 0 Å².